The minimum Gasteiger partial charge on any atom is -0.542 e. The molecule has 0 aliphatic heterocycles. The third-order valence-corrected chi connectivity index (χ3v) is 8.40. The Bertz CT molecular complexity index is 764. The topological polar surface area (TPSA) is 29.5 Å². The number of hydrogen-bond donors (Lipinski definition) is 1. The molecule has 4 saturated carbocycles. The van der Waals surface area contributed by atoms with E-state index in [1.165, 1.54) is 49.7 Å². The van der Waals surface area contributed by atoms with Crippen molar-refractivity contribution in [3.63, 3.8) is 0 Å². The first-order valence-electron chi connectivity index (χ1n) is 11.5. The lowest BCUT2D eigenvalue weighted by Crippen LogP contribution is -2.49. The van der Waals surface area contributed by atoms with Crippen molar-refractivity contribution in [3.05, 3.63) is 41.5 Å². The van der Waals surface area contributed by atoms with E-state index >= 15 is 0 Å². The van der Waals surface area contributed by atoms with E-state index in [9.17, 15) is 5.11 Å². The molecule has 4 aliphatic rings. The van der Waals surface area contributed by atoms with E-state index in [2.05, 4.69) is 52.6 Å². The van der Waals surface area contributed by atoms with Crippen LogP contribution < -0.4 is 4.43 Å². The van der Waals surface area contributed by atoms with Crippen LogP contribution in [-0.4, -0.2) is 14.1 Å². The van der Waals surface area contributed by atoms with Crippen LogP contribution in [-0.2, 0) is 16.4 Å². The predicted molar refractivity (Wildman–Crippen MR) is 123 cm³/mol. The largest absolute Gasteiger partial charge is 0.542 e. The van der Waals surface area contributed by atoms with E-state index in [0.29, 0.717) is 0 Å². The Kier molecular flexibility index (Phi) is 5.10. The molecule has 4 aliphatic carbocycles. The zero-order valence-corrected chi connectivity index (χ0v) is 20.3. The van der Waals surface area contributed by atoms with Crippen LogP contribution in [0.4, 0.5) is 0 Å². The van der Waals surface area contributed by atoms with Gasteiger partial charge in [-0.3, -0.25) is 0 Å². The minimum atomic E-state index is -1.08. The highest BCUT2D eigenvalue weighted by atomic mass is 28.3. The zero-order chi connectivity index (χ0) is 21.2. The summed E-state index contributed by atoms with van der Waals surface area (Å²) < 4.78 is 6.68. The first-order valence-corrected chi connectivity index (χ1v) is 13.9. The van der Waals surface area contributed by atoms with Crippen molar-refractivity contribution in [1.82, 2.24) is 0 Å². The summed E-state index contributed by atoms with van der Waals surface area (Å²) in [5.41, 5.74) is 2.94. The maximum Gasteiger partial charge on any atom is 0.274 e. The summed E-state index contributed by atoms with van der Waals surface area (Å²) in [4.78, 5) is 0. The Hall–Kier alpha value is -1.06. The maximum absolute atomic E-state index is 11.2. The molecule has 1 N–H and O–H groups in total. The molecule has 1 aromatic rings. The van der Waals surface area contributed by atoms with E-state index in [1.807, 2.05) is 6.92 Å². The fourth-order valence-electron chi connectivity index (χ4n) is 6.97. The molecule has 0 amide bonds. The van der Waals surface area contributed by atoms with Gasteiger partial charge in [-0.15, -0.1) is 0 Å². The highest BCUT2D eigenvalue weighted by Crippen LogP contribution is 2.63. The second-order valence-corrected chi connectivity index (χ2v) is 13.7. The van der Waals surface area contributed by atoms with Gasteiger partial charge in [0.1, 0.15) is 11.4 Å². The van der Waals surface area contributed by atoms with Crippen LogP contribution in [0, 0.1) is 17.8 Å². The molecule has 159 valence electrons. The fourth-order valence-corrected chi connectivity index (χ4v) is 7.59. The Balaban J connectivity index is 1.99. The van der Waals surface area contributed by atoms with E-state index < -0.39 is 14.6 Å². The normalized spacial score (nSPS) is 33.0. The third-order valence-electron chi connectivity index (χ3n) is 7.78. The smallest absolute Gasteiger partial charge is 0.274 e. The molecular formula is C26H39O2Si. The van der Waals surface area contributed by atoms with Crippen LogP contribution in [0.15, 0.2) is 24.8 Å². The number of benzene rings is 1. The van der Waals surface area contributed by atoms with Gasteiger partial charge in [0.15, 0.2) is 0 Å². The van der Waals surface area contributed by atoms with Crippen LogP contribution in [0.5, 0.6) is 5.75 Å². The van der Waals surface area contributed by atoms with Crippen molar-refractivity contribution in [3.8, 4) is 5.75 Å². The monoisotopic (exact) mass is 411 g/mol. The summed E-state index contributed by atoms with van der Waals surface area (Å²) in [6.45, 7) is 17.1. The van der Waals surface area contributed by atoms with E-state index in [-0.39, 0.29) is 10.8 Å². The van der Waals surface area contributed by atoms with E-state index in [4.69, 9.17) is 4.43 Å². The average Bonchev–Trinajstić information content (AvgIpc) is 2.58. The summed E-state index contributed by atoms with van der Waals surface area (Å²) in [5, 5.41) is 11.2. The summed E-state index contributed by atoms with van der Waals surface area (Å²) in [6.07, 6.45) is 9.85. The molecule has 1 unspecified atom stereocenters. The van der Waals surface area contributed by atoms with Gasteiger partial charge in [-0.2, -0.15) is 0 Å². The van der Waals surface area contributed by atoms with Crippen LogP contribution in [0.25, 0.3) is 0 Å². The minimum absolute atomic E-state index is 0.0454. The van der Waals surface area contributed by atoms with Crippen LogP contribution >= 0.6 is 0 Å². The molecule has 2 nitrogen and oxygen atoms in total. The molecule has 0 aromatic heterocycles. The van der Waals surface area contributed by atoms with Crippen LogP contribution in [0.3, 0.4) is 0 Å². The molecule has 3 heteroatoms. The highest BCUT2D eigenvalue weighted by molar-refractivity contribution is 6.49. The number of rotatable bonds is 5. The van der Waals surface area contributed by atoms with Crippen molar-refractivity contribution in [1.29, 1.82) is 0 Å². The predicted octanol–water partition coefficient (Wildman–Crippen LogP) is 6.48. The lowest BCUT2D eigenvalue weighted by Gasteiger charge is -2.58. The average molecular weight is 412 g/mol. The lowest BCUT2D eigenvalue weighted by molar-refractivity contribution is -0.00683. The molecule has 1 atom stereocenters. The van der Waals surface area contributed by atoms with Gasteiger partial charge >= 0.3 is 0 Å². The first-order chi connectivity index (χ1) is 13.4. The van der Waals surface area contributed by atoms with Gasteiger partial charge in [-0.05, 0) is 87.3 Å². The van der Waals surface area contributed by atoms with Crippen molar-refractivity contribution >= 4 is 9.04 Å². The van der Waals surface area contributed by atoms with Gasteiger partial charge in [-0.1, -0.05) is 45.6 Å². The highest BCUT2D eigenvalue weighted by Gasteiger charge is 2.54. The molecule has 0 spiro atoms. The van der Waals surface area contributed by atoms with Crippen molar-refractivity contribution in [2.24, 2.45) is 17.8 Å². The molecule has 0 heterocycles. The molecule has 5 rings (SSSR count). The first kappa shape index (κ1) is 21.2. The van der Waals surface area contributed by atoms with Gasteiger partial charge in [0.05, 0.1) is 0 Å². The number of aliphatic hydroxyl groups is 1. The number of hydrogen-bond acceptors (Lipinski definition) is 2. The van der Waals surface area contributed by atoms with Crippen molar-refractivity contribution < 1.29 is 9.53 Å². The van der Waals surface area contributed by atoms with Gasteiger partial charge in [0, 0.05) is 16.5 Å². The Labute approximate surface area is 179 Å². The molecule has 0 saturated heterocycles. The summed E-state index contributed by atoms with van der Waals surface area (Å²) in [5.74, 6) is 3.61. The molecular weight excluding hydrogens is 372 g/mol. The molecule has 4 fully saturated rings. The van der Waals surface area contributed by atoms with E-state index in [1.54, 1.807) is 6.08 Å². The quantitative estimate of drug-likeness (QED) is 0.444. The molecule has 1 aromatic carbocycles. The summed E-state index contributed by atoms with van der Waals surface area (Å²) in [7, 11) is -0.975. The van der Waals surface area contributed by atoms with Crippen LogP contribution in [0.2, 0.25) is 13.1 Å². The maximum atomic E-state index is 11.2. The Morgan fingerprint density at radius 3 is 1.90 bits per heavy atom. The van der Waals surface area contributed by atoms with Crippen LogP contribution in [0.1, 0.15) is 82.9 Å². The van der Waals surface area contributed by atoms with Gasteiger partial charge < -0.3 is 9.53 Å². The van der Waals surface area contributed by atoms with Gasteiger partial charge in [0.25, 0.3) is 9.04 Å². The Morgan fingerprint density at radius 1 is 1.00 bits per heavy atom. The van der Waals surface area contributed by atoms with Gasteiger partial charge in [0.2, 0.25) is 0 Å². The second kappa shape index (κ2) is 6.98. The lowest BCUT2D eigenvalue weighted by atomic mass is 9.47. The van der Waals surface area contributed by atoms with Crippen molar-refractivity contribution in [2.75, 3.05) is 0 Å². The fraction of sp³-hybridized carbons (Fsp3) is 0.692. The van der Waals surface area contributed by atoms with Crippen molar-refractivity contribution in [2.45, 2.75) is 95.7 Å². The third kappa shape index (κ3) is 3.63. The van der Waals surface area contributed by atoms with Gasteiger partial charge in [-0.25, -0.2) is 0 Å². The Morgan fingerprint density at radius 2 is 1.48 bits per heavy atom. The van der Waals surface area contributed by atoms with E-state index in [0.717, 1.165) is 29.1 Å². The summed E-state index contributed by atoms with van der Waals surface area (Å²) in [6, 6.07) is 4.39. The molecule has 1 radical (unpaired) electrons. The molecule has 4 bridgehead atoms. The standard InChI is InChI=1S/C26H39O2Si/c1-8-25(5,27)21-10-9-20(24(2,3)4)22(23(21)28-29(6)7)26-14-17-11-18(15-26)13-19(12-17)16-26/h8-10,17-19,27H,1,11-16H2,2-7H3. The second-order valence-electron chi connectivity index (χ2n) is 11.7. The zero-order valence-electron chi connectivity index (χ0n) is 19.3. The molecule has 29 heavy (non-hydrogen) atoms. The summed E-state index contributed by atoms with van der Waals surface area (Å²) >= 11 is 0. The SMILES string of the molecule is C=CC(C)(O)c1ccc(C(C)(C)C)c(C23CC4CC(CC(C4)C2)C3)c1O[Si](C)C.